The maximum absolute atomic E-state index is 12.0. The Morgan fingerprint density at radius 2 is 1.87 bits per heavy atom. The highest BCUT2D eigenvalue weighted by molar-refractivity contribution is 5.96. The Balaban J connectivity index is 1.76. The van der Waals surface area contributed by atoms with Crippen molar-refractivity contribution in [1.82, 2.24) is 10.6 Å². The van der Waals surface area contributed by atoms with Crippen LogP contribution in [0.3, 0.4) is 0 Å². The summed E-state index contributed by atoms with van der Waals surface area (Å²) in [5.41, 5.74) is 0.227. The van der Waals surface area contributed by atoms with Crippen LogP contribution in [0.2, 0.25) is 0 Å². The molecule has 2 aromatic rings. The van der Waals surface area contributed by atoms with E-state index in [-0.39, 0.29) is 30.3 Å². The molecule has 0 saturated carbocycles. The van der Waals surface area contributed by atoms with Crippen LogP contribution >= 0.6 is 0 Å². The van der Waals surface area contributed by atoms with Gasteiger partial charge in [0.15, 0.2) is 0 Å². The Kier molecular flexibility index (Phi) is 5.67. The van der Waals surface area contributed by atoms with E-state index in [1.807, 2.05) is 0 Å². The Morgan fingerprint density at radius 3 is 2.48 bits per heavy atom. The molecule has 6 nitrogen and oxygen atoms in total. The molecule has 1 aromatic carbocycles. The van der Waals surface area contributed by atoms with E-state index in [1.165, 1.54) is 30.5 Å². The summed E-state index contributed by atoms with van der Waals surface area (Å²) in [5.74, 6) is -0.332. The molecule has 1 aromatic heterocycles. The molecular weight excluding hydrogens is 310 g/mol. The third-order valence-corrected chi connectivity index (χ3v) is 2.79. The fraction of sp³-hybridized carbons (Fsp3) is 0.200. The van der Waals surface area contributed by atoms with Gasteiger partial charge >= 0.3 is 6.61 Å². The maximum atomic E-state index is 12.0. The van der Waals surface area contributed by atoms with Crippen molar-refractivity contribution in [2.75, 3.05) is 6.54 Å². The Labute approximate surface area is 130 Å². The zero-order valence-electron chi connectivity index (χ0n) is 11.9. The molecule has 1 heterocycles. The van der Waals surface area contributed by atoms with Crippen molar-refractivity contribution in [3.05, 3.63) is 54.0 Å². The number of rotatable bonds is 7. The van der Waals surface area contributed by atoms with Crippen LogP contribution in [-0.2, 0) is 11.3 Å². The molecule has 122 valence electrons. The van der Waals surface area contributed by atoms with E-state index < -0.39 is 12.5 Å². The normalized spacial score (nSPS) is 10.4. The van der Waals surface area contributed by atoms with Crippen molar-refractivity contribution in [2.24, 2.45) is 0 Å². The second-order valence-corrected chi connectivity index (χ2v) is 4.44. The zero-order chi connectivity index (χ0) is 16.7. The van der Waals surface area contributed by atoms with E-state index in [1.54, 1.807) is 12.1 Å². The Morgan fingerprint density at radius 1 is 1.13 bits per heavy atom. The minimum atomic E-state index is -2.92. The van der Waals surface area contributed by atoms with Gasteiger partial charge < -0.3 is 19.8 Å². The first kappa shape index (κ1) is 16.5. The molecule has 2 N–H and O–H groups in total. The minimum Gasteiger partial charge on any atom is -0.467 e. The lowest BCUT2D eigenvalue weighted by Gasteiger charge is -2.07. The Bertz CT molecular complexity index is 642. The van der Waals surface area contributed by atoms with Gasteiger partial charge in [0.05, 0.1) is 19.4 Å². The monoisotopic (exact) mass is 324 g/mol. The highest BCUT2D eigenvalue weighted by Crippen LogP contribution is 2.14. The number of hydrogen-bond donors (Lipinski definition) is 2. The summed E-state index contributed by atoms with van der Waals surface area (Å²) in [6, 6.07) is 8.56. The van der Waals surface area contributed by atoms with E-state index in [2.05, 4.69) is 15.4 Å². The molecule has 0 aliphatic rings. The SMILES string of the molecule is O=C(CNC(=O)c1ccc(OC(F)F)cc1)NCc1ccco1. The van der Waals surface area contributed by atoms with Crippen LogP contribution in [0.25, 0.3) is 0 Å². The van der Waals surface area contributed by atoms with E-state index in [0.717, 1.165) is 0 Å². The lowest BCUT2D eigenvalue weighted by molar-refractivity contribution is -0.120. The number of alkyl halides is 2. The summed E-state index contributed by atoms with van der Waals surface area (Å²) >= 11 is 0. The molecule has 0 radical (unpaired) electrons. The minimum absolute atomic E-state index is 0.0484. The number of hydrogen-bond acceptors (Lipinski definition) is 4. The molecule has 2 rings (SSSR count). The highest BCUT2D eigenvalue weighted by atomic mass is 19.3. The van der Waals surface area contributed by atoms with E-state index in [9.17, 15) is 18.4 Å². The number of halogens is 2. The van der Waals surface area contributed by atoms with Crippen LogP contribution in [0, 0.1) is 0 Å². The van der Waals surface area contributed by atoms with Crippen molar-refractivity contribution in [3.63, 3.8) is 0 Å². The second kappa shape index (κ2) is 7.92. The number of furan rings is 1. The number of amides is 2. The molecule has 0 aliphatic carbocycles. The summed E-state index contributed by atoms with van der Waals surface area (Å²) in [4.78, 5) is 23.4. The predicted octanol–water partition coefficient (Wildman–Crippen LogP) is 1.93. The summed E-state index contributed by atoms with van der Waals surface area (Å²) in [6.45, 7) is -2.91. The van der Waals surface area contributed by atoms with Crippen LogP contribution in [0.1, 0.15) is 16.1 Å². The van der Waals surface area contributed by atoms with Crippen LogP contribution in [-0.4, -0.2) is 25.0 Å². The topological polar surface area (TPSA) is 80.6 Å². The van der Waals surface area contributed by atoms with Gasteiger partial charge in [0.2, 0.25) is 5.91 Å². The smallest absolute Gasteiger partial charge is 0.387 e. The quantitative estimate of drug-likeness (QED) is 0.815. The number of carbonyl (C=O) groups excluding carboxylic acids is 2. The molecule has 0 bridgehead atoms. The molecule has 0 atom stereocenters. The molecule has 0 fully saturated rings. The second-order valence-electron chi connectivity index (χ2n) is 4.44. The highest BCUT2D eigenvalue weighted by Gasteiger charge is 2.10. The van der Waals surface area contributed by atoms with E-state index >= 15 is 0 Å². The van der Waals surface area contributed by atoms with Gasteiger partial charge in [-0.3, -0.25) is 9.59 Å². The first-order valence-corrected chi connectivity index (χ1v) is 6.67. The van der Waals surface area contributed by atoms with Crippen molar-refractivity contribution in [3.8, 4) is 5.75 Å². The van der Waals surface area contributed by atoms with Gasteiger partial charge in [-0.25, -0.2) is 0 Å². The molecular formula is C15H14F2N2O4. The number of carbonyl (C=O) groups is 2. The Hall–Kier alpha value is -2.90. The van der Waals surface area contributed by atoms with Crippen LogP contribution in [0.5, 0.6) is 5.75 Å². The summed E-state index contributed by atoms with van der Waals surface area (Å²) in [7, 11) is 0. The molecule has 0 saturated heterocycles. The van der Waals surface area contributed by atoms with Gasteiger partial charge in [-0.05, 0) is 36.4 Å². The third kappa shape index (κ3) is 5.42. The number of ether oxygens (including phenoxy) is 1. The average molecular weight is 324 g/mol. The fourth-order valence-corrected chi connectivity index (χ4v) is 1.71. The molecule has 23 heavy (non-hydrogen) atoms. The van der Waals surface area contributed by atoms with Gasteiger partial charge in [0, 0.05) is 5.56 Å². The van der Waals surface area contributed by atoms with Gasteiger partial charge in [-0.1, -0.05) is 0 Å². The van der Waals surface area contributed by atoms with E-state index in [4.69, 9.17) is 4.42 Å². The molecule has 0 aliphatic heterocycles. The molecule has 0 spiro atoms. The number of benzene rings is 1. The summed E-state index contributed by atoms with van der Waals surface area (Å²) in [5, 5.41) is 4.99. The first-order chi connectivity index (χ1) is 11.0. The first-order valence-electron chi connectivity index (χ1n) is 6.67. The fourth-order valence-electron chi connectivity index (χ4n) is 1.71. The van der Waals surface area contributed by atoms with E-state index in [0.29, 0.717) is 5.76 Å². The average Bonchev–Trinajstić information content (AvgIpc) is 3.04. The lowest BCUT2D eigenvalue weighted by Crippen LogP contribution is -2.36. The van der Waals surface area contributed by atoms with Crippen molar-refractivity contribution in [1.29, 1.82) is 0 Å². The van der Waals surface area contributed by atoms with Crippen molar-refractivity contribution < 1.29 is 27.5 Å². The zero-order valence-corrected chi connectivity index (χ0v) is 11.9. The predicted molar refractivity (Wildman–Crippen MR) is 76.0 cm³/mol. The van der Waals surface area contributed by atoms with Crippen LogP contribution in [0.4, 0.5) is 8.78 Å². The van der Waals surface area contributed by atoms with Gasteiger partial charge in [-0.15, -0.1) is 0 Å². The summed E-state index contributed by atoms with van der Waals surface area (Å²) < 4.78 is 33.2. The largest absolute Gasteiger partial charge is 0.467 e. The summed E-state index contributed by atoms with van der Waals surface area (Å²) in [6.07, 6.45) is 1.49. The van der Waals surface area contributed by atoms with Crippen molar-refractivity contribution >= 4 is 11.8 Å². The molecule has 2 amide bonds. The third-order valence-electron chi connectivity index (χ3n) is 2.79. The lowest BCUT2D eigenvalue weighted by atomic mass is 10.2. The number of nitrogens with one attached hydrogen (secondary N) is 2. The molecule has 8 heteroatoms. The molecule has 0 unspecified atom stereocenters. The standard InChI is InChI=1S/C15H14F2N2O4/c16-15(17)23-11-5-3-10(4-6-11)14(21)19-9-13(20)18-8-12-2-1-7-22-12/h1-7,15H,8-9H2,(H,18,20)(H,19,21). The van der Waals surface area contributed by atoms with Gasteiger partial charge in [0.1, 0.15) is 11.5 Å². The van der Waals surface area contributed by atoms with Gasteiger partial charge in [-0.2, -0.15) is 8.78 Å². The maximum Gasteiger partial charge on any atom is 0.387 e. The van der Waals surface area contributed by atoms with Crippen molar-refractivity contribution in [2.45, 2.75) is 13.2 Å². The van der Waals surface area contributed by atoms with Crippen LogP contribution < -0.4 is 15.4 Å². The van der Waals surface area contributed by atoms with Gasteiger partial charge in [0.25, 0.3) is 5.91 Å². The van der Waals surface area contributed by atoms with Crippen LogP contribution in [0.15, 0.2) is 47.1 Å².